The molecule has 0 bridgehead atoms. The van der Waals surface area contributed by atoms with Gasteiger partial charge in [0.1, 0.15) is 0 Å². The first-order valence-electron chi connectivity index (χ1n) is 8.79. The van der Waals surface area contributed by atoms with E-state index >= 15 is 0 Å². The second kappa shape index (κ2) is 9.06. The summed E-state index contributed by atoms with van der Waals surface area (Å²) in [5.74, 6) is -0.579. The lowest BCUT2D eigenvalue weighted by atomic mass is 10.1. The van der Waals surface area contributed by atoms with Crippen molar-refractivity contribution < 1.29 is 18.3 Å². The van der Waals surface area contributed by atoms with Gasteiger partial charge in [-0.05, 0) is 55.5 Å². The number of anilines is 2. The lowest BCUT2D eigenvalue weighted by Crippen LogP contribution is -2.19. The van der Waals surface area contributed by atoms with Crippen LogP contribution >= 0.6 is 23.2 Å². The normalized spacial score (nSPS) is 11.2. The average molecular weight is 465 g/mol. The molecule has 156 valence electrons. The molecule has 0 aromatic heterocycles. The van der Waals surface area contributed by atoms with Crippen LogP contribution in [0.1, 0.15) is 21.5 Å². The summed E-state index contributed by atoms with van der Waals surface area (Å²) in [4.78, 5) is 12.9. The van der Waals surface area contributed by atoms with Crippen molar-refractivity contribution in [1.29, 1.82) is 0 Å². The van der Waals surface area contributed by atoms with Crippen molar-refractivity contribution in [2.45, 2.75) is 18.4 Å². The molecule has 0 fully saturated rings. The number of hydrogen-bond acceptors (Lipinski definition) is 4. The smallest absolute Gasteiger partial charge is 0.261 e. The Balaban J connectivity index is 1.94. The van der Waals surface area contributed by atoms with Crippen LogP contribution in [-0.2, 0) is 16.6 Å². The highest BCUT2D eigenvalue weighted by Gasteiger charge is 2.20. The van der Waals surface area contributed by atoms with Crippen LogP contribution in [0.25, 0.3) is 0 Å². The first kappa shape index (κ1) is 22.1. The third-order valence-electron chi connectivity index (χ3n) is 4.27. The van der Waals surface area contributed by atoms with Crippen LogP contribution in [-0.4, -0.2) is 19.4 Å². The summed E-state index contributed by atoms with van der Waals surface area (Å²) in [6.07, 6.45) is 0. The number of nitrogens with one attached hydrogen (secondary N) is 2. The van der Waals surface area contributed by atoms with E-state index in [1.54, 1.807) is 18.2 Å². The lowest BCUT2D eigenvalue weighted by Gasteiger charge is -2.15. The topological polar surface area (TPSA) is 95.5 Å². The number of sulfonamides is 1. The molecule has 1 amide bonds. The molecule has 6 nitrogen and oxygen atoms in total. The third kappa shape index (κ3) is 5.12. The maximum Gasteiger partial charge on any atom is 0.261 e. The number of benzene rings is 3. The zero-order valence-electron chi connectivity index (χ0n) is 15.8. The predicted octanol–water partition coefficient (Wildman–Crippen LogP) is 4.85. The van der Waals surface area contributed by atoms with Crippen molar-refractivity contribution in [3.05, 3.63) is 87.4 Å². The molecule has 30 heavy (non-hydrogen) atoms. The molecular weight excluding hydrogens is 447 g/mol. The van der Waals surface area contributed by atoms with Crippen molar-refractivity contribution in [1.82, 2.24) is 0 Å². The molecule has 0 heterocycles. The zero-order chi connectivity index (χ0) is 21.9. The minimum absolute atomic E-state index is 0.00527. The zero-order valence-corrected chi connectivity index (χ0v) is 18.1. The number of aryl methyl sites for hydroxylation is 1. The highest BCUT2D eigenvalue weighted by Crippen LogP contribution is 2.26. The molecule has 3 N–H and O–H groups in total. The standard InChI is InChI=1S/C21H18Cl2N2O4S/c1-13-2-8-19(14(10-13)12-26)24-21(27)18-11-16(23)5-9-20(18)25-30(28,29)17-6-3-15(22)4-7-17/h2-11,25-26H,12H2,1H3,(H,24,27). The van der Waals surface area contributed by atoms with Crippen molar-refractivity contribution in [3.63, 3.8) is 0 Å². The molecule has 0 aliphatic heterocycles. The van der Waals surface area contributed by atoms with E-state index in [1.807, 2.05) is 6.92 Å². The monoisotopic (exact) mass is 464 g/mol. The van der Waals surface area contributed by atoms with Crippen LogP contribution in [0.3, 0.4) is 0 Å². The molecule has 0 saturated carbocycles. The van der Waals surface area contributed by atoms with Crippen LogP contribution in [0.2, 0.25) is 10.0 Å². The van der Waals surface area contributed by atoms with Crippen molar-refractivity contribution >= 4 is 50.5 Å². The van der Waals surface area contributed by atoms with Crippen LogP contribution in [0, 0.1) is 6.92 Å². The molecular formula is C21H18Cl2N2O4S. The number of amides is 1. The molecule has 0 saturated heterocycles. The number of aliphatic hydroxyl groups is 1. The van der Waals surface area contributed by atoms with Crippen molar-refractivity contribution in [2.24, 2.45) is 0 Å². The highest BCUT2D eigenvalue weighted by molar-refractivity contribution is 7.92. The van der Waals surface area contributed by atoms with Crippen molar-refractivity contribution in [2.75, 3.05) is 10.0 Å². The first-order valence-corrected chi connectivity index (χ1v) is 11.0. The number of aliphatic hydroxyl groups excluding tert-OH is 1. The van der Waals surface area contributed by atoms with E-state index in [0.29, 0.717) is 16.3 Å². The van der Waals surface area contributed by atoms with Gasteiger partial charge in [-0.15, -0.1) is 0 Å². The Morgan fingerprint density at radius 3 is 2.23 bits per heavy atom. The Morgan fingerprint density at radius 2 is 1.57 bits per heavy atom. The van der Waals surface area contributed by atoms with Crippen molar-refractivity contribution in [3.8, 4) is 0 Å². The van der Waals surface area contributed by atoms with Gasteiger partial charge in [0.05, 0.1) is 22.8 Å². The van der Waals surface area contributed by atoms with Gasteiger partial charge in [0.2, 0.25) is 0 Å². The molecule has 9 heteroatoms. The average Bonchev–Trinajstić information content (AvgIpc) is 2.70. The third-order valence-corrected chi connectivity index (χ3v) is 6.14. The second-order valence-electron chi connectivity index (χ2n) is 6.52. The van der Waals surface area contributed by atoms with Gasteiger partial charge < -0.3 is 10.4 Å². The molecule has 3 rings (SSSR count). The minimum atomic E-state index is -3.96. The SMILES string of the molecule is Cc1ccc(NC(=O)c2cc(Cl)ccc2NS(=O)(=O)c2ccc(Cl)cc2)c(CO)c1. The molecule has 0 radical (unpaired) electrons. The van der Waals surface area contributed by atoms with Crippen LogP contribution in [0.5, 0.6) is 0 Å². The van der Waals surface area contributed by atoms with E-state index in [1.165, 1.54) is 42.5 Å². The fourth-order valence-corrected chi connectivity index (χ4v) is 4.15. The van der Waals surface area contributed by atoms with Gasteiger partial charge in [0.25, 0.3) is 15.9 Å². The maximum atomic E-state index is 12.9. The number of rotatable bonds is 6. The largest absolute Gasteiger partial charge is 0.392 e. The first-order chi connectivity index (χ1) is 14.2. The Hall–Kier alpha value is -2.58. The van der Waals surface area contributed by atoms with Gasteiger partial charge in [0, 0.05) is 21.3 Å². The summed E-state index contributed by atoms with van der Waals surface area (Å²) in [6, 6.07) is 15.1. The van der Waals surface area contributed by atoms with Gasteiger partial charge in [-0.3, -0.25) is 9.52 Å². The molecule has 0 unspecified atom stereocenters. The summed E-state index contributed by atoms with van der Waals surface area (Å²) < 4.78 is 27.8. The van der Waals surface area contributed by atoms with Crippen LogP contribution in [0.15, 0.2) is 65.6 Å². The fourth-order valence-electron chi connectivity index (χ4n) is 2.78. The summed E-state index contributed by atoms with van der Waals surface area (Å²) in [5.41, 5.74) is 1.97. The highest BCUT2D eigenvalue weighted by atomic mass is 35.5. The summed E-state index contributed by atoms with van der Waals surface area (Å²) in [6.45, 7) is 1.61. The predicted molar refractivity (Wildman–Crippen MR) is 119 cm³/mol. The van der Waals surface area contributed by atoms with Gasteiger partial charge in [-0.1, -0.05) is 40.9 Å². The van der Waals surface area contributed by atoms with Gasteiger partial charge >= 0.3 is 0 Å². The van der Waals surface area contributed by atoms with E-state index in [-0.39, 0.29) is 27.8 Å². The molecule has 0 atom stereocenters. The lowest BCUT2D eigenvalue weighted by molar-refractivity contribution is 0.102. The van der Waals surface area contributed by atoms with E-state index in [0.717, 1.165) is 5.56 Å². The summed E-state index contributed by atoms with van der Waals surface area (Å²) in [5, 5.41) is 12.9. The molecule has 0 aliphatic carbocycles. The van der Waals surface area contributed by atoms with E-state index < -0.39 is 15.9 Å². The van der Waals surface area contributed by atoms with Crippen LogP contribution < -0.4 is 10.0 Å². The summed E-state index contributed by atoms with van der Waals surface area (Å²) in [7, 11) is -3.96. The Morgan fingerprint density at radius 1 is 0.933 bits per heavy atom. The van der Waals surface area contributed by atoms with Gasteiger partial charge in [-0.2, -0.15) is 0 Å². The Bertz CT molecular complexity index is 1200. The van der Waals surface area contributed by atoms with Crippen LogP contribution in [0.4, 0.5) is 11.4 Å². The molecule has 3 aromatic carbocycles. The summed E-state index contributed by atoms with van der Waals surface area (Å²) >= 11 is 11.9. The Labute approximate surface area is 184 Å². The van der Waals surface area contributed by atoms with E-state index in [9.17, 15) is 18.3 Å². The molecule has 3 aromatic rings. The van der Waals surface area contributed by atoms with Gasteiger partial charge in [-0.25, -0.2) is 8.42 Å². The van der Waals surface area contributed by atoms with E-state index in [2.05, 4.69) is 10.0 Å². The second-order valence-corrected chi connectivity index (χ2v) is 9.08. The quantitative estimate of drug-likeness (QED) is 0.485. The maximum absolute atomic E-state index is 12.9. The molecule has 0 spiro atoms. The van der Waals surface area contributed by atoms with Gasteiger partial charge in [0.15, 0.2) is 0 Å². The number of carbonyl (C=O) groups excluding carboxylic acids is 1. The molecule has 0 aliphatic rings. The fraction of sp³-hybridized carbons (Fsp3) is 0.0952. The number of carbonyl (C=O) groups is 1. The number of hydrogen-bond donors (Lipinski definition) is 3. The minimum Gasteiger partial charge on any atom is -0.392 e. The Kier molecular flexibility index (Phi) is 6.67. The van der Waals surface area contributed by atoms with E-state index in [4.69, 9.17) is 23.2 Å². The number of halogens is 2.